The molecule has 6 unspecified atom stereocenters. The van der Waals surface area contributed by atoms with Crippen molar-refractivity contribution in [1.82, 2.24) is 26.6 Å². The van der Waals surface area contributed by atoms with E-state index in [0.717, 1.165) is 57.9 Å². The fraction of sp³-hybridized carbons (Fsp3) is 0.843. The van der Waals surface area contributed by atoms with Gasteiger partial charge < -0.3 is 41.2 Å². The molecular weight excluding hydrogens is 823 g/mol. The smallest absolute Gasteiger partial charge is 0.407 e. The third-order valence-corrected chi connectivity index (χ3v) is 15.2. The summed E-state index contributed by atoms with van der Waals surface area (Å²) in [6, 6.07) is 5.11. The molecule has 2 aliphatic rings. The number of alkyl carbamates (subject to hydrolysis) is 1. The standard InChI is InChI=1S/C51H89N7O7/c1-38(59)33-57-43(62)50(10,51(11,39-21-22-39)49(9,36-53)26-24-41(60)55-30-18-29-54-12)34-46(4,5)48(8,35-52)25-23-42(61)56-31-27-47(6,7)64-32-28-45(2,3)37-58-44(63)65-40-19-16-14-13-15-17-20-40/h13-14,38-40,54,59H,15-34,37H2,1-12H3,(H,55,60)(H,56,61)(H,57,62)(H,58,63)/b14-13+. The van der Waals surface area contributed by atoms with Crippen LogP contribution in [-0.2, 0) is 23.9 Å². The molecule has 2 rings (SSSR count). The highest BCUT2D eigenvalue weighted by Gasteiger charge is 2.67. The Labute approximate surface area is 392 Å². The molecule has 0 aromatic heterocycles. The van der Waals surface area contributed by atoms with E-state index >= 15 is 0 Å². The lowest BCUT2D eigenvalue weighted by Crippen LogP contribution is -2.60. The van der Waals surface area contributed by atoms with Crippen molar-refractivity contribution in [3.05, 3.63) is 12.2 Å². The van der Waals surface area contributed by atoms with E-state index in [1.165, 1.54) is 0 Å². The zero-order valence-corrected chi connectivity index (χ0v) is 42.5. The first-order valence-electron chi connectivity index (χ1n) is 24.5. The number of aliphatic hydroxyl groups is 1. The quantitative estimate of drug-likeness (QED) is 0.0314. The predicted molar refractivity (Wildman–Crippen MR) is 256 cm³/mol. The number of nitriles is 2. The van der Waals surface area contributed by atoms with Crippen LogP contribution < -0.4 is 26.6 Å². The second-order valence-electron chi connectivity index (χ2n) is 22.1. The highest BCUT2D eigenvalue weighted by Crippen LogP contribution is 2.68. The first-order chi connectivity index (χ1) is 30.3. The van der Waals surface area contributed by atoms with Gasteiger partial charge in [-0.25, -0.2) is 4.79 Å². The average molecular weight is 912 g/mol. The van der Waals surface area contributed by atoms with Gasteiger partial charge in [-0.3, -0.25) is 14.4 Å². The highest BCUT2D eigenvalue weighted by atomic mass is 16.6. The number of nitrogens with zero attached hydrogens (tertiary/aromatic N) is 2. The Balaban J connectivity index is 2.08. The summed E-state index contributed by atoms with van der Waals surface area (Å²) < 4.78 is 12.0. The number of nitrogens with one attached hydrogen (secondary N) is 5. The molecule has 14 nitrogen and oxygen atoms in total. The number of carbonyl (C=O) groups excluding carboxylic acids is 4. The van der Waals surface area contributed by atoms with E-state index < -0.39 is 38.8 Å². The second kappa shape index (κ2) is 25.4. The van der Waals surface area contributed by atoms with Crippen molar-refractivity contribution in [2.24, 2.45) is 38.4 Å². The van der Waals surface area contributed by atoms with Crippen molar-refractivity contribution in [2.75, 3.05) is 46.4 Å². The summed E-state index contributed by atoms with van der Waals surface area (Å²) in [7, 11) is 1.86. The Bertz CT molecular complexity index is 1660. The lowest BCUT2D eigenvalue weighted by Gasteiger charge is -2.57. The summed E-state index contributed by atoms with van der Waals surface area (Å²) >= 11 is 0. The Morgan fingerprint density at radius 3 is 1.94 bits per heavy atom. The molecule has 0 aromatic carbocycles. The molecule has 6 atom stereocenters. The average Bonchev–Trinajstić information content (AvgIpc) is 4.08. The molecular formula is C51H89N7O7. The first-order valence-corrected chi connectivity index (χ1v) is 24.5. The van der Waals surface area contributed by atoms with Gasteiger partial charge in [-0.15, -0.1) is 0 Å². The molecule has 2 aliphatic carbocycles. The first kappa shape index (κ1) is 57.4. The minimum atomic E-state index is -1.21. The van der Waals surface area contributed by atoms with Crippen LogP contribution in [0.25, 0.3) is 0 Å². The van der Waals surface area contributed by atoms with Crippen LogP contribution in [0, 0.1) is 61.1 Å². The zero-order valence-electron chi connectivity index (χ0n) is 42.5. The minimum Gasteiger partial charge on any atom is -0.446 e. The molecule has 0 spiro atoms. The van der Waals surface area contributed by atoms with Crippen molar-refractivity contribution in [1.29, 1.82) is 10.5 Å². The van der Waals surface area contributed by atoms with Crippen LogP contribution in [0.1, 0.15) is 172 Å². The number of hydrogen-bond donors (Lipinski definition) is 6. The van der Waals surface area contributed by atoms with Crippen LogP contribution >= 0.6 is 0 Å². The summed E-state index contributed by atoms with van der Waals surface area (Å²) in [5, 5.41) is 47.0. The summed E-state index contributed by atoms with van der Waals surface area (Å²) in [4.78, 5) is 53.6. The number of amides is 4. The van der Waals surface area contributed by atoms with E-state index in [1.807, 2.05) is 62.4 Å². The van der Waals surface area contributed by atoms with Gasteiger partial charge in [0.15, 0.2) is 0 Å². The van der Waals surface area contributed by atoms with Gasteiger partial charge in [0.2, 0.25) is 17.7 Å². The van der Waals surface area contributed by atoms with Crippen molar-refractivity contribution >= 4 is 23.8 Å². The number of hydrogen-bond acceptors (Lipinski definition) is 10. The van der Waals surface area contributed by atoms with E-state index in [1.54, 1.807) is 6.92 Å². The number of rotatable bonds is 29. The van der Waals surface area contributed by atoms with Crippen LogP contribution in [0.2, 0.25) is 0 Å². The zero-order chi connectivity index (χ0) is 49.2. The molecule has 0 heterocycles. The third-order valence-electron chi connectivity index (χ3n) is 15.2. The third kappa shape index (κ3) is 17.5. The Morgan fingerprint density at radius 1 is 0.754 bits per heavy atom. The molecule has 0 bridgehead atoms. The van der Waals surface area contributed by atoms with Gasteiger partial charge in [-0.2, -0.15) is 10.5 Å². The van der Waals surface area contributed by atoms with Crippen LogP contribution in [0.3, 0.4) is 0 Å². The van der Waals surface area contributed by atoms with Gasteiger partial charge in [0.1, 0.15) is 6.10 Å². The van der Waals surface area contributed by atoms with Gasteiger partial charge in [-0.05, 0) is 148 Å². The van der Waals surface area contributed by atoms with E-state index in [2.05, 4.69) is 64.7 Å². The van der Waals surface area contributed by atoms with Crippen LogP contribution in [0.4, 0.5) is 4.79 Å². The van der Waals surface area contributed by atoms with Gasteiger partial charge in [0, 0.05) is 51.0 Å². The number of aliphatic hydroxyl groups excluding tert-OH is 1. The van der Waals surface area contributed by atoms with Crippen molar-refractivity contribution in [2.45, 2.75) is 190 Å². The Kier molecular flexibility index (Phi) is 22.5. The second-order valence-corrected chi connectivity index (χ2v) is 22.1. The van der Waals surface area contributed by atoms with Crippen molar-refractivity contribution in [3.63, 3.8) is 0 Å². The monoisotopic (exact) mass is 912 g/mol. The SMILES string of the molecule is CNCCCNC(=O)CCC(C)(C#N)C(C)(C1CC1)C(C)(CC(C)(C)C(C)(C#N)CCC(=O)NCCC(C)(C)OCCC(C)(C)CNC(=O)OC1CC/C=C/CCC1)C(=O)NCC(C)O. The van der Waals surface area contributed by atoms with E-state index in [-0.39, 0.29) is 79.9 Å². The van der Waals surface area contributed by atoms with Crippen LogP contribution in [-0.4, -0.2) is 93.1 Å². The fourth-order valence-electron chi connectivity index (χ4n) is 9.57. The van der Waals surface area contributed by atoms with Gasteiger partial charge >= 0.3 is 6.09 Å². The number of ether oxygens (including phenoxy) is 2. The molecule has 6 N–H and O–H groups in total. The van der Waals surface area contributed by atoms with Crippen LogP contribution in [0.5, 0.6) is 0 Å². The van der Waals surface area contributed by atoms with Gasteiger partial charge in [0.05, 0.1) is 40.1 Å². The maximum Gasteiger partial charge on any atom is 0.407 e. The maximum atomic E-state index is 14.7. The van der Waals surface area contributed by atoms with E-state index in [4.69, 9.17) is 9.47 Å². The van der Waals surface area contributed by atoms with Crippen molar-refractivity contribution < 1.29 is 33.8 Å². The molecule has 1 saturated carbocycles. The topological polar surface area (TPSA) is 215 Å². The highest BCUT2D eigenvalue weighted by molar-refractivity contribution is 5.84. The molecule has 0 radical (unpaired) electrons. The summed E-state index contributed by atoms with van der Waals surface area (Å²) in [5.74, 6) is -0.612. The summed E-state index contributed by atoms with van der Waals surface area (Å²) in [6.45, 7) is 23.9. The molecule has 4 amide bonds. The normalized spacial score (nSPS) is 20.6. The molecule has 370 valence electrons. The maximum absolute atomic E-state index is 14.7. The van der Waals surface area contributed by atoms with Crippen LogP contribution in [0.15, 0.2) is 12.2 Å². The molecule has 0 aliphatic heterocycles. The number of carbonyl (C=O) groups is 4. The lowest BCUT2D eigenvalue weighted by molar-refractivity contribution is -0.155. The molecule has 14 heteroatoms. The predicted octanol–water partition coefficient (Wildman–Crippen LogP) is 8.00. The summed E-state index contributed by atoms with van der Waals surface area (Å²) in [6.07, 6.45) is 12.4. The molecule has 65 heavy (non-hydrogen) atoms. The number of allylic oxidation sites excluding steroid dienone is 2. The van der Waals surface area contributed by atoms with E-state index in [9.17, 15) is 34.8 Å². The Hall–Kier alpha value is -3.72. The van der Waals surface area contributed by atoms with E-state index in [0.29, 0.717) is 39.1 Å². The Morgan fingerprint density at radius 2 is 1.35 bits per heavy atom. The van der Waals surface area contributed by atoms with Gasteiger partial charge in [0.25, 0.3) is 0 Å². The largest absolute Gasteiger partial charge is 0.446 e. The van der Waals surface area contributed by atoms with Crippen molar-refractivity contribution in [3.8, 4) is 12.1 Å². The molecule has 0 aromatic rings. The summed E-state index contributed by atoms with van der Waals surface area (Å²) in [5.41, 5.74) is -5.86. The molecule has 1 fully saturated rings. The molecule has 0 saturated heterocycles. The minimum absolute atomic E-state index is 0.0223. The lowest BCUT2D eigenvalue weighted by atomic mass is 9.45. The van der Waals surface area contributed by atoms with Gasteiger partial charge in [-0.1, -0.05) is 53.7 Å². The fourth-order valence-corrected chi connectivity index (χ4v) is 9.57.